The van der Waals surface area contributed by atoms with Crippen LogP contribution in [0.5, 0.6) is 0 Å². The van der Waals surface area contributed by atoms with Gasteiger partial charge in [0.15, 0.2) is 9.84 Å². The van der Waals surface area contributed by atoms with Crippen molar-refractivity contribution in [2.24, 2.45) is 5.41 Å². The minimum Gasteiger partial charge on any atom is -0.298 e. The molecule has 0 aromatic carbocycles. The van der Waals surface area contributed by atoms with Crippen molar-refractivity contribution >= 4 is 9.84 Å². The standard InChI is InChI=1S/C13H22N2O2S/c1-2-15(12-5-8-18(16,17)9-12)11-13(10-14)6-3-4-7-13/h12H,2-9,11H2,1H3. The molecule has 0 bridgehead atoms. The third-order valence-corrected chi connectivity index (χ3v) is 6.18. The molecule has 1 aliphatic heterocycles. The lowest BCUT2D eigenvalue weighted by atomic mass is 9.87. The normalized spacial score (nSPS) is 29.5. The Balaban J connectivity index is 2.04. The van der Waals surface area contributed by atoms with E-state index in [0.717, 1.165) is 45.2 Å². The number of sulfone groups is 1. The Bertz CT molecular complexity index is 432. The zero-order chi connectivity index (χ0) is 13.2. The zero-order valence-electron chi connectivity index (χ0n) is 11.1. The summed E-state index contributed by atoms with van der Waals surface area (Å²) in [5.41, 5.74) is -0.220. The first-order chi connectivity index (χ1) is 8.50. The van der Waals surface area contributed by atoms with Crippen LogP contribution in [0.15, 0.2) is 0 Å². The van der Waals surface area contributed by atoms with E-state index in [9.17, 15) is 13.7 Å². The van der Waals surface area contributed by atoms with Gasteiger partial charge in [0, 0.05) is 12.6 Å². The van der Waals surface area contributed by atoms with E-state index in [1.165, 1.54) is 0 Å². The lowest BCUT2D eigenvalue weighted by molar-refractivity contribution is 0.159. The molecule has 1 aliphatic carbocycles. The van der Waals surface area contributed by atoms with Gasteiger partial charge in [0.25, 0.3) is 0 Å². The molecule has 4 nitrogen and oxygen atoms in total. The second-order valence-electron chi connectivity index (χ2n) is 5.72. The largest absolute Gasteiger partial charge is 0.298 e. The summed E-state index contributed by atoms with van der Waals surface area (Å²) in [5.74, 6) is 0.593. The lowest BCUT2D eigenvalue weighted by Gasteiger charge is -2.33. The fourth-order valence-electron chi connectivity index (χ4n) is 3.31. The quantitative estimate of drug-likeness (QED) is 0.778. The molecule has 2 fully saturated rings. The second kappa shape index (κ2) is 5.18. The van der Waals surface area contributed by atoms with Crippen LogP contribution in [0.3, 0.4) is 0 Å². The molecule has 2 rings (SSSR count). The first kappa shape index (κ1) is 13.8. The average Bonchev–Trinajstić information content (AvgIpc) is 2.93. The van der Waals surface area contributed by atoms with E-state index in [1.54, 1.807) is 0 Å². The number of nitrogens with zero attached hydrogens (tertiary/aromatic N) is 2. The molecule has 0 aromatic rings. The van der Waals surface area contributed by atoms with E-state index in [1.807, 2.05) is 0 Å². The Labute approximate surface area is 110 Å². The maximum absolute atomic E-state index is 11.6. The highest BCUT2D eigenvalue weighted by molar-refractivity contribution is 7.91. The molecule has 0 N–H and O–H groups in total. The third-order valence-electron chi connectivity index (χ3n) is 4.43. The molecular weight excluding hydrogens is 248 g/mol. The Hall–Kier alpha value is -0.600. The van der Waals surface area contributed by atoms with Crippen LogP contribution in [-0.2, 0) is 9.84 Å². The monoisotopic (exact) mass is 270 g/mol. The van der Waals surface area contributed by atoms with Crippen LogP contribution < -0.4 is 0 Å². The summed E-state index contributed by atoms with van der Waals surface area (Å²) < 4.78 is 23.1. The number of hydrogen-bond donors (Lipinski definition) is 0. The van der Waals surface area contributed by atoms with Crippen molar-refractivity contribution in [3.8, 4) is 6.07 Å². The maximum Gasteiger partial charge on any atom is 0.151 e. The molecule has 0 spiro atoms. The minimum absolute atomic E-state index is 0.130. The number of hydrogen-bond acceptors (Lipinski definition) is 4. The summed E-state index contributed by atoms with van der Waals surface area (Å²) in [4.78, 5) is 2.22. The first-order valence-electron chi connectivity index (χ1n) is 6.86. The van der Waals surface area contributed by atoms with Crippen LogP contribution in [0.25, 0.3) is 0 Å². The van der Waals surface area contributed by atoms with Crippen molar-refractivity contribution in [2.75, 3.05) is 24.6 Å². The van der Waals surface area contributed by atoms with Crippen molar-refractivity contribution in [3.05, 3.63) is 0 Å². The number of rotatable bonds is 4. The molecule has 0 amide bonds. The van der Waals surface area contributed by atoms with Gasteiger partial charge in [-0.3, -0.25) is 4.90 Å². The SMILES string of the molecule is CCN(CC1(C#N)CCCC1)C1CCS(=O)(=O)C1. The molecule has 18 heavy (non-hydrogen) atoms. The molecule has 1 heterocycles. The Morgan fingerprint density at radius 1 is 1.39 bits per heavy atom. The molecule has 1 saturated carbocycles. The third kappa shape index (κ3) is 2.86. The van der Waals surface area contributed by atoms with Gasteiger partial charge < -0.3 is 0 Å². The Kier molecular flexibility index (Phi) is 3.98. The van der Waals surface area contributed by atoms with Crippen LogP contribution in [0, 0.1) is 16.7 Å². The molecule has 2 aliphatic rings. The molecule has 1 saturated heterocycles. The highest BCUT2D eigenvalue weighted by Crippen LogP contribution is 2.39. The number of nitriles is 1. The highest BCUT2D eigenvalue weighted by atomic mass is 32.2. The van der Waals surface area contributed by atoms with E-state index in [2.05, 4.69) is 17.9 Å². The smallest absolute Gasteiger partial charge is 0.151 e. The minimum atomic E-state index is -2.84. The Morgan fingerprint density at radius 3 is 2.50 bits per heavy atom. The predicted octanol–water partition coefficient (Wildman–Crippen LogP) is 1.58. The van der Waals surface area contributed by atoms with Gasteiger partial charge in [-0.05, 0) is 25.8 Å². The lowest BCUT2D eigenvalue weighted by Crippen LogP contribution is -2.42. The summed E-state index contributed by atoms with van der Waals surface area (Å²) >= 11 is 0. The van der Waals surface area contributed by atoms with Gasteiger partial charge in [-0.15, -0.1) is 0 Å². The zero-order valence-corrected chi connectivity index (χ0v) is 11.9. The second-order valence-corrected chi connectivity index (χ2v) is 7.95. The summed E-state index contributed by atoms with van der Waals surface area (Å²) in [6.45, 7) is 3.65. The van der Waals surface area contributed by atoms with Crippen molar-refractivity contribution in [1.82, 2.24) is 4.90 Å². The van der Waals surface area contributed by atoms with Gasteiger partial charge in [0.05, 0.1) is 23.0 Å². The van der Waals surface area contributed by atoms with Crippen LogP contribution in [0.2, 0.25) is 0 Å². The van der Waals surface area contributed by atoms with Crippen molar-refractivity contribution in [1.29, 1.82) is 5.26 Å². The molecule has 0 radical (unpaired) electrons. The van der Waals surface area contributed by atoms with Crippen LogP contribution in [0.1, 0.15) is 39.0 Å². The fourth-order valence-corrected chi connectivity index (χ4v) is 5.07. The fraction of sp³-hybridized carbons (Fsp3) is 0.923. The van der Waals surface area contributed by atoms with Gasteiger partial charge in [-0.2, -0.15) is 5.26 Å². The molecule has 1 unspecified atom stereocenters. The van der Waals surface area contributed by atoms with Gasteiger partial charge in [0.2, 0.25) is 0 Å². The van der Waals surface area contributed by atoms with Gasteiger partial charge in [0.1, 0.15) is 0 Å². The maximum atomic E-state index is 11.6. The molecular formula is C13H22N2O2S. The molecule has 1 atom stereocenters. The molecule has 0 aromatic heterocycles. The summed E-state index contributed by atoms with van der Waals surface area (Å²) in [6.07, 6.45) is 4.94. The van der Waals surface area contributed by atoms with Gasteiger partial charge in [-0.25, -0.2) is 8.42 Å². The van der Waals surface area contributed by atoms with E-state index in [0.29, 0.717) is 5.75 Å². The summed E-state index contributed by atoms with van der Waals surface area (Å²) in [7, 11) is -2.84. The van der Waals surface area contributed by atoms with Crippen LogP contribution >= 0.6 is 0 Å². The van der Waals surface area contributed by atoms with E-state index >= 15 is 0 Å². The highest BCUT2D eigenvalue weighted by Gasteiger charge is 2.39. The predicted molar refractivity (Wildman–Crippen MR) is 70.8 cm³/mol. The van der Waals surface area contributed by atoms with Crippen LogP contribution in [0.4, 0.5) is 0 Å². The van der Waals surface area contributed by atoms with E-state index in [-0.39, 0.29) is 17.2 Å². The van der Waals surface area contributed by atoms with Crippen molar-refractivity contribution in [2.45, 2.75) is 45.1 Å². The van der Waals surface area contributed by atoms with Gasteiger partial charge >= 0.3 is 0 Å². The summed E-state index contributed by atoms with van der Waals surface area (Å²) in [5, 5.41) is 9.41. The van der Waals surface area contributed by atoms with Crippen LogP contribution in [-0.4, -0.2) is 44.0 Å². The van der Waals surface area contributed by atoms with E-state index in [4.69, 9.17) is 0 Å². The van der Waals surface area contributed by atoms with Crippen molar-refractivity contribution < 1.29 is 8.42 Å². The average molecular weight is 270 g/mol. The van der Waals surface area contributed by atoms with E-state index < -0.39 is 9.84 Å². The molecule has 102 valence electrons. The van der Waals surface area contributed by atoms with Gasteiger partial charge in [-0.1, -0.05) is 19.8 Å². The molecule has 5 heteroatoms. The summed E-state index contributed by atoms with van der Waals surface area (Å²) in [6, 6.07) is 2.63. The topological polar surface area (TPSA) is 61.2 Å². The van der Waals surface area contributed by atoms with Crippen molar-refractivity contribution in [3.63, 3.8) is 0 Å². The Morgan fingerprint density at radius 2 is 2.06 bits per heavy atom. The first-order valence-corrected chi connectivity index (χ1v) is 8.68.